The molecule has 2 N–H and O–H groups in total. The molecule has 0 radical (unpaired) electrons. The molecule has 9 heteroatoms. The van der Waals surface area contributed by atoms with Crippen LogP contribution >= 0.6 is 0 Å². The molecule has 2 heterocycles. The summed E-state index contributed by atoms with van der Waals surface area (Å²) in [5.74, 6) is 5.12. The molecule has 0 saturated carbocycles. The monoisotopic (exact) mass is 369 g/mol. The van der Waals surface area contributed by atoms with E-state index in [0.717, 1.165) is 26.2 Å². The molecule has 2 aliphatic heterocycles. The molecule has 0 aromatic rings. The molecule has 2 saturated heterocycles. The van der Waals surface area contributed by atoms with Crippen molar-refractivity contribution < 1.29 is 13.2 Å². The van der Waals surface area contributed by atoms with E-state index in [4.69, 9.17) is 18.6 Å². The van der Waals surface area contributed by atoms with Crippen molar-refractivity contribution in [2.24, 2.45) is 5.73 Å². The summed E-state index contributed by atoms with van der Waals surface area (Å²) in [6.07, 6.45) is 11.6. The number of primary amides is 1. The minimum absolute atomic E-state index is 0.338. The zero-order valence-corrected chi connectivity index (χ0v) is 15.5. The molecule has 8 nitrogen and oxygen atoms in total. The van der Waals surface area contributed by atoms with Gasteiger partial charge in [0.2, 0.25) is 10.0 Å². The predicted octanol–water partition coefficient (Wildman–Crippen LogP) is -1.49. The van der Waals surface area contributed by atoms with Gasteiger partial charge >= 0.3 is 6.03 Å². The SMILES string of the molecule is C#CCN1CCN(C(N)=O)CC1.C#CCN1CCN(S(C)(=O)=O)CC1. The number of sulfonamides is 1. The van der Waals surface area contributed by atoms with Crippen molar-refractivity contribution in [2.45, 2.75) is 0 Å². The van der Waals surface area contributed by atoms with Gasteiger partial charge in [0.25, 0.3) is 0 Å². The van der Waals surface area contributed by atoms with Gasteiger partial charge in [-0.2, -0.15) is 4.31 Å². The number of terminal acetylenes is 2. The van der Waals surface area contributed by atoms with Crippen LogP contribution in [0.2, 0.25) is 0 Å². The minimum atomic E-state index is -3.01. The number of rotatable bonds is 3. The summed E-state index contributed by atoms with van der Waals surface area (Å²) < 4.78 is 23.7. The zero-order chi connectivity index (χ0) is 18.9. The first-order valence-electron chi connectivity index (χ1n) is 8.09. The van der Waals surface area contributed by atoms with Crippen LogP contribution in [-0.2, 0) is 10.0 Å². The van der Waals surface area contributed by atoms with E-state index < -0.39 is 10.0 Å². The Labute approximate surface area is 151 Å². The Morgan fingerprint density at radius 1 is 0.920 bits per heavy atom. The van der Waals surface area contributed by atoms with E-state index in [0.29, 0.717) is 39.3 Å². The Kier molecular flexibility index (Phi) is 8.73. The molecular formula is C16H27N5O3S. The number of urea groups is 1. The summed E-state index contributed by atoms with van der Waals surface area (Å²) >= 11 is 0. The van der Waals surface area contributed by atoms with Gasteiger partial charge in [-0.25, -0.2) is 13.2 Å². The maximum absolute atomic E-state index is 11.1. The fourth-order valence-electron chi connectivity index (χ4n) is 2.60. The molecule has 25 heavy (non-hydrogen) atoms. The van der Waals surface area contributed by atoms with E-state index >= 15 is 0 Å². The summed E-state index contributed by atoms with van der Waals surface area (Å²) in [5, 5.41) is 0. The Morgan fingerprint density at radius 3 is 1.64 bits per heavy atom. The van der Waals surface area contributed by atoms with Crippen LogP contribution in [-0.4, -0.2) is 105 Å². The van der Waals surface area contributed by atoms with Gasteiger partial charge in [-0.1, -0.05) is 11.8 Å². The van der Waals surface area contributed by atoms with Gasteiger partial charge in [-0.3, -0.25) is 9.80 Å². The lowest BCUT2D eigenvalue weighted by atomic mass is 10.3. The van der Waals surface area contributed by atoms with Crippen LogP contribution < -0.4 is 5.73 Å². The van der Waals surface area contributed by atoms with Crippen LogP contribution in [0.5, 0.6) is 0 Å². The number of nitrogens with two attached hydrogens (primary N) is 1. The maximum Gasteiger partial charge on any atom is 0.314 e. The Hall–Kier alpha value is -1.78. The first kappa shape index (κ1) is 21.3. The van der Waals surface area contributed by atoms with E-state index in [2.05, 4.69) is 21.6 Å². The van der Waals surface area contributed by atoms with Crippen molar-refractivity contribution in [1.29, 1.82) is 0 Å². The predicted molar refractivity (Wildman–Crippen MR) is 98.1 cm³/mol. The second kappa shape index (κ2) is 10.3. The van der Waals surface area contributed by atoms with Crippen LogP contribution in [0.25, 0.3) is 0 Å². The summed E-state index contributed by atoms with van der Waals surface area (Å²) in [7, 11) is -3.01. The van der Waals surface area contributed by atoms with Crippen molar-refractivity contribution in [3.05, 3.63) is 0 Å². The van der Waals surface area contributed by atoms with Crippen LogP contribution in [0, 0.1) is 24.7 Å². The Morgan fingerprint density at radius 2 is 1.32 bits per heavy atom. The van der Waals surface area contributed by atoms with Gasteiger partial charge in [0.15, 0.2) is 0 Å². The molecule has 0 aliphatic carbocycles. The quantitative estimate of drug-likeness (QED) is 0.613. The lowest BCUT2D eigenvalue weighted by molar-refractivity contribution is 0.154. The number of hydrogen-bond acceptors (Lipinski definition) is 5. The molecule has 2 fully saturated rings. The molecule has 2 rings (SSSR count). The van der Waals surface area contributed by atoms with Crippen molar-refractivity contribution in [3.8, 4) is 24.7 Å². The van der Waals surface area contributed by atoms with Crippen LogP contribution in [0.15, 0.2) is 0 Å². The second-order valence-corrected chi connectivity index (χ2v) is 7.93. The van der Waals surface area contributed by atoms with E-state index in [1.165, 1.54) is 10.6 Å². The molecule has 2 amide bonds. The smallest absolute Gasteiger partial charge is 0.314 e. The number of carbonyl (C=O) groups is 1. The van der Waals surface area contributed by atoms with Crippen molar-refractivity contribution in [3.63, 3.8) is 0 Å². The number of amides is 2. The van der Waals surface area contributed by atoms with Gasteiger partial charge in [-0.05, 0) is 0 Å². The van der Waals surface area contributed by atoms with Crippen molar-refractivity contribution in [1.82, 2.24) is 19.0 Å². The first-order valence-corrected chi connectivity index (χ1v) is 9.94. The lowest BCUT2D eigenvalue weighted by Gasteiger charge is -2.32. The lowest BCUT2D eigenvalue weighted by Crippen LogP contribution is -2.50. The zero-order valence-electron chi connectivity index (χ0n) is 14.7. The molecule has 140 valence electrons. The molecule has 0 aromatic heterocycles. The van der Waals surface area contributed by atoms with Crippen LogP contribution in [0.4, 0.5) is 4.79 Å². The fraction of sp³-hybridized carbons (Fsp3) is 0.688. The first-order chi connectivity index (χ1) is 11.8. The number of carbonyl (C=O) groups excluding carboxylic acids is 1. The maximum atomic E-state index is 11.1. The molecule has 2 aliphatic rings. The summed E-state index contributed by atoms with van der Waals surface area (Å²) in [5.41, 5.74) is 5.11. The highest BCUT2D eigenvalue weighted by Gasteiger charge is 2.22. The topological polar surface area (TPSA) is 90.2 Å². The van der Waals surface area contributed by atoms with E-state index in [-0.39, 0.29) is 6.03 Å². The molecular weight excluding hydrogens is 342 g/mol. The average molecular weight is 369 g/mol. The normalized spacial score (nSPS) is 20.0. The van der Waals surface area contributed by atoms with E-state index in [1.54, 1.807) is 4.90 Å². The molecule has 0 spiro atoms. The Balaban J connectivity index is 0.000000251. The van der Waals surface area contributed by atoms with Crippen LogP contribution in [0.3, 0.4) is 0 Å². The van der Waals surface area contributed by atoms with E-state index in [1.807, 2.05) is 0 Å². The van der Waals surface area contributed by atoms with Gasteiger partial charge < -0.3 is 10.6 Å². The highest BCUT2D eigenvalue weighted by atomic mass is 32.2. The summed E-state index contributed by atoms with van der Waals surface area (Å²) in [6, 6.07) is -0.338. The third-order valence-electron chi connectivity index (χ3n) is 4.11. The third kappa shape index (κ3) is 7.76. The Bertz CT molecular complexity index is 607. The van der Waals surface area contributed by atoms with Gasteiger partial charge in [-0.15, -0.1) is 12.8 Å². The number of hydrogen-bond donors (Lipinski definition) is 1. The van der Waals surface area contributed by atoms with Crippen LogP contribution in [0.1, 0.15) is 0 Å². The second-order valence-electron chi connectivity index (χ2n) is 5.95. The highest BCUT2D eigenvalue weighted by molar-refractivity contribution is 7.88. The molecule has 0 bridgehead atoms. The standard InChI is InChI=1S/C8H13N3O.C8H14N2O2S/c1-2-3-10-4-6-11(7-5-10)8(9)12;1-3-4-9-5-7-10(8-6-9)13(2,11)12/h1H,3-7H2,(H2,9,12);1H,4-8H2,2H3. The van der Waals surface area contributed by atoms with Gasteiger partial charge in [0.1, 0.15) is 0 Å². The van der Waals surface area contributed by atoms with Crippen molar-refractivity contribution in [2.75, 3.05) is 71.7 Å². The third-order valence-corrected chi connectivity index (χ3v) is 5.42. The number of nitrogens with zero attached hydrogens (tertiary/aromatic N) is 4. The molecule has 0 atom stereocenters. The summed E-state index contributed by atoms with van der Waals surface area (Å²) in [6.45, 7) is 6.88. The largest absolute Gasteiger partial charge is 0.351 e. The fourth-order valence-corrected chi connectivity index (χ4v) is 3.43. The number of piperazine rings is 2. The summed E-state index contributed by atoms with van der Waals surface area (Å²) in [4.78, 5) is 16.5. The highest BCUT2D eigenvalue weighted by Crippen LogP contribution is 2.04. The minimum Gasteiger partial charge on any atom is -0.351 e. The van der Waals surface area contributed by atoms with Gasteiger partial charge in [0, 0.05) is 52.4 Å². The van der Waals surface area contributed by atoms with E-state index in [9.17, 15) is 13.2 Å². The molecule has 0 unspecified atom stereocenters. The average Bonchev–Trinajstić information content (AvgIpc) is 2.56. The van der Waals surface area contributed by atoms with Gasteiger partial charge in [0.05, 0.1) is 19.3 Å². The molecule has 0 aromatic carbocycles. The van der Waals surface area contributed by atoms with Crippen molar-refractivity contribution >= 4 is 16.1 Å².